The highest BCUT2D eigenvalue weighted by Gasteiger charge is 2.15. The molecule has 0 fully saturated rings. The van der Waals surface area contributed by atoms with E-state index in [1.807, 2.05) is 0 Å². The van der Waals surface area contributed by atoms with Crippen molar-refractivity contribution in [3.05, 3.63) is 48.0 Å². The van der Waals surface area contributed by atoms with Gasteiger partial charge in [-0.3, -0.25) is 0 Å². The number of phenolic OH excluding ortho intramolecular Hbond substituents is 3. The minimum absolute atomic E-state index is 0.00465. The maximum Gasteiger partial charge on any atom is 0.347 e. The van der Waals surface area contributed by atoms with Gasteiger partial charge >= 0.3 is 5.97 Å². The van der Waals surface area contributed by atoms with Crippen LogP contribution in [-0.4, -0.2) is 21.3 Å². The summed E-state index contributed by atoms with van der Waals surface area (Å²) in [4.78, 5) is 11.7. The standard InChI is InChI=1S/C13H10O5/c14-8-5-6-9(11(16)7-8)13(17)18-12-4-2-1-3-10(12)15/h1-7,14-16H. The predicted octanol–water partition coefficient (Wildman–Crippen LogP) is 2.02. The molecule has 5 heteroatoms. The van der Waals surface area contributed by atoms with E-state index in [1.54, 1.807) is 12.1 Å². The van der Waals surface area contributed by atoms with Crippen LogP contribution in [0.3, 0.4) is 0 Å². The molecule has 18 heavy (non-hydrogen) atoms. The maximum absolute atomic E-state index is 11.7. The average molecular weight is 246 g/mol. The fourth-order valence-corrected chi connectivity index (χ4v) is 1.39. The largest absolute Gasteiger partial charge is 0.508 e. The number of carbonyl (C=O) groups excluding carboxylic acids is 1. The monoisotopic (exact) mass is 246 g/mol. The van der Waals surface area contributed by atoms with Crippen LogP contribution in [0.5, 0.6) is 23.0 Å². The second-order valence-electron chi connectivity index (χ2n) is 3.56. The molecular formula is C13H10O5. The molecule has 0 unspecified atom stereocenters. The molecule has 0 aliphatic heterocycles. The lowest BCUT2D eigenvalue weighted by molar-refractivity contribution is 0.0726. The number of hydrogen-bond donors (Lipinski definition) is 3. The van der Waals surface area contributed by atoms with Crippen molar-refractivity contribution in [2.75, 3.05) is 0 Å². The van der Waals surface area contributed by atoms with Crippen molar-refractivity contribution < 1.29 is 24.9 Å². The molecule has 5 nitrogen and oxygen atoms in total. The molecule has 0 aromatic heterocycles. The van der Waals surface area contributed by atoms with Crippen molar-refractivity contribution >= 4 is 5.97 Å². The third-order valence-electron chi connectivity index (χ3n) is 2.27. The lowest BCUT2D eigenvalue weighted by atomic mass is 10.2. The topological polar surface area (TPSA) is 87.0 Å². The Morgan fingerprint density at radius 1 is 0.944 bits per heavy atom. The summed E-state index contributed by atoms with van der Waals surface area (Å²) in [5, 5.41) is 28.0. The van der Waals surface area contributed by atoms with Gasteiger partial charge in [-0.2, -0.15) is 0 Å². The Labute approximate surface area is 103 Å². The van der Waals surface area contributed by atoms with Crippen molar-refractivity contribution in [1.29, 1.82) is 0 Å². The third-order valence-corrected chi connectivity index (χ3v) is 2.27. The van der Waals surface area contributed by atoms with E-state index in [2.05, 4.69) is 0 Å². The van der Waals surface area contributed by atoms with Crippen LogP contribution in [0, 0.1) is 0 Å². The molecule has 0 amide bonds. The summed E-state index contributed by atoms with van der Waals surface area (Å²) in [6.45, 7) is 0. The number of hydrogen-bond acceptors (Lipinski definition) is 5. The van der Waals surface area contributed by atoms with Crippen LogP contribution in [0.15, 0.2) is 42.5 Å². The summed E-state index contributed by atoms with van der Waals surface area (Å²) < 4.78 is 4.92. The number of esters is 1. The van der Waals surface area contributed by atoms with Gasteiger partial charge in [0.2, 0.25) is 0 Å². The molecule has 0 radical (unpaired) electrons. The van der Waals surface area contributed by atoms with Crippen molar-refractivity contribution in [2.45, 2.75) is 0 Å². The van der Waals surface area contributed by atoms with E-state index in [1.165, 1.54) is 24.3 Å². The van der Waals surface area contributed by atoms with Gasteiger partial charge in [-0.05, 0) is 24.3 Å². The quantitative estimate of drug-likeness (QED) is 0.557. The molecule has 3 N–H and O–H groups in total. The summed E-state index contributed by atoms with van der Waals surface area (Å²) >= 11 is 0. The molecular weight excluding hydrogens is 236 g/mol. The zero-order valence-electron chi connectivity index (χ0n) is 9.20. The number of benzene rings is 2. The summed E-state index contributed by atoms with van der Waals surface area (Å²) in [6.07, 6.45) is 0. The van der Waals surface area contributed by atoms with Crippen LogP contribution in [0.2, 0.25) is 0 Å². The smallest absolute Gasteiger partial charge is 0.347 e. The number of aromatic hydroxyl groups is 3. The number of carbonyl (C=O) groups is 1. The molecule has 2 aromatic rings. The highest BCUT2D eigenvalue weighted by atomic mass is 16.5. The highest BCUT2D eigenvalue weighted by Crippen LogP contribution is 2.28. The van der Waals surface area contributed by atoms with Gasteiger partial charge in [0.25, 0.3) is 0 Å². The second-order valence-corrected chi connectivity index (χ2v) is 3.56. The van der Waals surface area contributed by atoms with E-state index < -0.39 is 11.7 Å². The molecule has 0 saturated heterocycles. The van der Waals surface area contributed by atoms with Gasteiger partial charge in [0.1, 0.15) is 17.1 Å². The first-order valence-electron chi connectivity index (χ1n) is 5.10. The Balaban J connectivity index is 2.25. The minimum Gasteiger partial charge on any atom is -0.508 e. The van der Waals surface area contributed by atoms with Crippen LogP contribution in [0.1, 0.15) is 10.4 Å². The van der Waals surface area contributed by atoms with Gasteiger partial charge in [-0.25, -0.2) is 4.79 Å². The third kappa shape index (κ3) is 2.35. The lowest BCUT2D eigenvalue weighted by Gasteiger charge is -2.07. The molecule has 0 heterocycles. The predicted molar refractivity (Wildman–Crippen MR) is 62.8 cm³/mol. The summed E-state index contributed by atoms with van der Waals surface area (Å²) in [5.41, 5.74) is -0.101. The first-order chi connectivity index (χ1) is 8.58. The molecule has 0 aliphatic rings. The molecule has 0 aliphatic carbocycles. The zero-order valence-corrected chi connectivity index (χ0v) is 9.20. The Hall–Kier alpha value is -2.69. The lowest BCUT2D eigenvalue weighted by Crippen LogP contribution is -2.08. The van der Waals surface area contributed by atoms with Gasteiger partial charge in [-0.15, -0.1) is 0 Å². The Morgan fingerprint density at radius 3 is 2.33 bits per heavy atom. The van der Waals surface area contributed by atoms with E-state index in [4.69, 9.17) is 9.84 Å². The zero-order chi connectivity index (χ0) is 13.1. The number of para-hydroxylation sites is 2. The Bertz CT molecular complexity index is 592. The van der Waals surface area contributed by atoms with Crippen LogP contribution >= 0.6 is 0 Å². The maximum atomic E-state index is 11.7. The average Bonchev–Trinajstić information content (AvgIpc) is 2.32. The van der Waals surface area contributed by atoms with Crippen LogP contribution < -0.4 is 4.74 Å². The first-order valence-corrected chi connectivity index (χ1v) is 5.10. The second kappa shape index (κ2) is 4.67. The van der Waals surface area contributed by atoms with E-state index >= 15 is 0 Å². The van der Waals surface area contributed by atoms with Crippen LogP contribution in [0.4, 0.5) is 0 Å². The fourth-order valence-electron chi connectivity index (χ4n) is 1.39. The molecule has 2 rings (SSSR count). The van der Waals surface area contributed by atoms with E-state index in [0.29, 0.717) is 0 Å². The summed E-state index contributed by atoms with van der Waals surface area (Å²) in [6, 6.07) is 9.49. The van der Waals surface area contributed by atoms with Gasteiger partial charge in [-0.1, -0.05) is 12.1 Å². The van der Waals surface area contributed by atoms with E-state index in [0.717, 1.165) is 6.07 Å². The summed E-state index contributed by atoms with van der Waals surface area (Å²) in [5.74, 6) is -1.56. The summed E-state index contributed by atoms with van der Waals surface area (Å²) in [7, 11) is 0. The first kappa shape index (κ1) is 11.8. The van der Waals surface area contributed by atoms with Crippen molar-refractivity contribution in [1.82, 2.24) is 0 Å². The van der Waals surface area contributed by atoms with Crippen molar-refractivity contribution in [3.8, 4) is 23.0 Å². The van der Waals surface area contributed by atoms with Crippen molar-refractivity contribution in [3.63, 3.8) is 0 Å². The normalized spacial score (nSPS) is 10.0. The van der Waals surface area contributed by atoms with Crippen LogP contribution in [0.25, 0.3) is 0 Å². The van der Waals surface area contributed by atoms with Gasteiger partial charge in [0.05, 0.1) is 0 Å². The number of rotatable bonds is 2. The molecule has 0 saturated carbocycles. The fraction of sp³-hybridized carbons (Fsp3) is 0. The minimum atomic E-state index is -0.825. The van der Waals surface area contributed by atoms with Gasteiger partial charge < -0.3 is 20.1 Å². The SMILES string of the molecule is O=C(Oc1ccccc1O)c1ccc(O)cc1O. The van der Waals surface area contributed by atoms with Gasteiger partial charge in [0.15, 0.2) is 11.5 Å². The van der Waals surface area contributed by atoms with Gasteiger partial charge in [0, 0.05) is 6.07 Å². The Kier molecular flexibility index (Phi) is 3.05. The Morgan fingerprint density at radius 2 is 1.67 bits per heavy atom. The molecule has 0 bridgehead atoms. The van der Waals surface area contributed by atoms with Crippen molar-refractivity contribution in [2.24, 2.45) is 0 Å². The van der Waals surface area contributed by atoms with E-state index in [-0.39, 0.29) is 22.8 Å². The molecule has 92 valence electrons. The van der Waals surface area contributed by atoms with Crippen LogP contribution in [-0.2, 0) is 0 Å². The van der Waals surface area contributed by atoms with E-state index in [9.17, 15) is 15.0 Å². The number of ether oxygens (including phenoxy) is 1. The number of phenols is 3. The highest BCUT2D eigenvalue weighted by molar-refractivity contribution is 5.94. The molecule has 0 atom stereocenters. The molecule has 0 spiro atoms. The molecule has 2 aromatic carbocycles.